The van der Waals surface area contributed by atoms with E-state index in [0.29, 0.717) is 19.8 Å². The summed E-state index contributed by atoms with van der Waals surface area (Å²) in [5.74, 6) is 2.11. The van der Waals surface area contributed by atoms with Crippen molar-refractivity contribution in [3.63, 3.8) is 0 Å². The topological polar surface area (TPSA) is 47.6 Å². The quantitative estimate of drug-likeness (QED) is 0.847. The number of carbonyl (C=O) groups excluding carboxylic acids is 1. The van der Waals surface area contributed by atoms with Crippen molar-refractivity contribution < 1.29 is 14.3 Å². The average molecular weight is 287 g/mol. The van der Waals surface area contributed by atoms with Gasteiger partial charge in [0.05, 0.1) is 0 Å². The van der Waals surface area contributed by atoms with Crippen molar-refractivity contribution in [1.82, 2.24) is 5.32 Å². The molecule has 0 saturated heterocycles. The van der Waals surface area contributed by atoms with Crippen LogP contribution in [-0.4, -0.2) is 25.7 Å². The van der Waals surface area contributed by atoms with E-state index >= 15 is 0 Å². The first-order chi connectivity index (χ1) is 10.3. The zero-order chi connectivity index (χ0) is 14.5. The van der Waals surface area contributed by atoms with E-state index in [0.717, 1.165) is 36.3 Å². The molecule has 21 heavy (non-hydrogen) atoms. The third-order valence-corrected chi connectivity index (χ3v) is 3.96. The highest BCUT2D eigenvalue weighted by Gasteiger charge is 2.24. The predicted octanol–water partition coefficient (Wildman–Crippen LogP) is 2.78. The monoisotopic (exact) mass is 287 g/mol. The van der Waals surface area contributed by atoms with Crippen LogP contribution in [0.5, 0.6) is 11.5 Å². The van der Waals surface area contributed by atoms with Crippen LogP contribution in [0.4, 0.5) is 0 Å². The van der Waals surface area contributed by atoms with Gasteiger partial charge < -0.3 is 14.8 Å². The molecule has 0 atom stereocenters. The van der Waals surface area contributed by atoms with Gasteiger partial charge in [-0.1, -0.05) is 24.6 Å². The van der Waals surface area contributed by atoms with Crippen molar-refractivity contribution in [3.8, 4) is 11.5 Å². The number of rotatable bonds is 5. The Hall–Kier alpha value is -1.97. The third kappa shape index (κ3) is 3.57. The Morgan fingerprint density at radius 2 is 2.05 bits per heavy atom. The molecule has 0 spiro atoms. The van der Waals surface area contributed by atoms with Crippen LogP contribution in [0.15, 0.2) is 24.3 Å². The SMILES string of the molecule is O=C(NCC/C=C/c1ccc2c(c1)OCCO2)C1CCC1. The summed E-state index contributed by atoms with van der Waals surface area (Å²) < 4.78 is 11.0. The lowest BCUT2D eigenvalue weighted by atomic mass is 9.85. The van der Waals surface area contributed by atoms with Crippen LogP contribution in [0, 0.1) is 5.92 Å². The van der Waals surface area contributed by atoms with E-state index in [9.17, 15) is 4.79 Å². The van der Waals surface area contributed by atoms with Crippen molar-refractivity contribution >= 4 is 12.0 Å². The molecule has 1 heterocycles. The average Bonchev–Trinajstić information content (AvgIpc) is 2.45. The first-order valence-corrected chi connectivity index (χ1v) is 7.67. The maximum Gasteiger partial charge on any atom is 0.223 e. The molecule has 3 rings (SSSR count). The fourth-order valence-electron chi connectivity index (χ4n) is 2.48. The summed E-state index contributed by atoms with van der Waals surface area (Å²) in [4.78, 5) is 11.7. The number of hydrogen-bond acceptors (Lipinski definition) is 3. The van der Waals surface area contributed by atoms with E-state index in [-0.39, 0.29) is 11.8 Å². The molecular formula is C17H21NO3. The Bertz CT molecular complexity index is 535. The van der Waals surface area contributed by atoms with Crippen LogP contribution in [-0.2, 0) is 4.79 Å². The van der Waals surface area contributed by atoms with Gasteiger partial charge in [0.2, 0.25) is 5.91 Å². The van der Waals surface area contributed by atoms with Gasteiger partial charge >= 0.3 is 0 Å². The van der Waals surface area contributed by atoms with Gasteiger partial charge in [-0.2, -0.15) is 0 Å². The van der Waals surface area contributed by atoms with Crippen LogP contribution in [0.25, 0.3) is 6.08 Å². The minimum Gasteiger partial charge on any atom is -0.486 e. The number of nitrogens with one attached hydrogen (secondary N) is 1. The van der Waals surface area contributed by atoms with E-state index in [1.165, 1.54) is 6.42 Å². The van der Waals surface area contributed by atoms with Gasteiger partial charge in [-0.3, -0.25) is 4.79 Å². The summed E-state index contributed by atoms with van der Waals surface area (Å²) >= 11 is 0. The van der Waals surface area contributed by atoms with Gasteiger partial charge in [-0.05, 0) is 37.0 Å². The van der Waals surface area contributed by atoms with Crippen molar-refractivity contribution in [2.75, 3.05) is 19.8 Å². The number of carbonyl (C=O) groups is 1. The first-order valence-electron chi connectivity index (χ1n) is 7.67. The van der Waals surface area contributed by atoms with Gasteiger partial charge in [0.15, 0.2) is 11.5 Å². The first kappa shape index (κ1) is 14.0. The highest BCUT2D eigenvalue weighted by Crippen LogP contribution is 2.31. The molecular weight excluding hydrogens is 266 g/mol. The van der Waals surface area contributed by atoms with Crippen LogP contribution < -0.4 is 14.8 Å². The summed E-state index contributed by atoms with van der Waals surface area (Å²) in [6.07, 6.45) is 8.27. The maximum atomic E-state index is 11.7. The number of fused-ring (bicyclic) bond motifs is 1. The van der Waals surface area contributed by atoms with Crippen LogP contribution >= 0.6 is 0 Å². The molecule has 112 valence electrons. The Morgan fingerprint density at radius 1 is 1.24 bits per heavy atom. The van der Waals surface area contributed by atoms with Crippen LogP contribution in [0.1, 0.15) is 31.2 Å². The summed E-state index contributed by atoms with van der Waals surface area (Å²) in [6, 6.07) is 5.93. The van der Waals surface area contributed by atoms with E-state index in [4.69, 9.17) is 9.47 Å². The van der Waals surface area contributed by atoms with Crippen LogP contribution in [0.3, 0.4) is 0 Å². The molecule has 1 saturated carbocycles. The fraction of sp³-hybridized carbons (Fsp3) is 0.471. The van der Waals surface area contributed by atoms with E-state index < -0.39 is 0 Å². The number of hydrogen-bond donors (Lipinski definition) is 1. The largest absolute Gasteiger partial charge is 0.486 e. The second-order valence-corrected chi connectivity index (χ2v) is 5.51. The summed E-state index contributed by atoms with van der Waals surface area (Å²) in [5, 5.41) is 2.99. The second kappa shape index (κ2) is 6.66. The molecule has 1 fully saturated rings. The van der Waals surface area contributed by atoms with E-state index in [1.54, 1.807) is 0 Å². The molecule has 1 aliphatic carbocycles. The smallest absolute Gasteiger partial charge is 0.223 e. The molecule has 4 nitrogen and oxygen atoms in total. The molecule has 0 bridgehead atoms. The lowest BCUT2D eigenvalue weighted by Gasteiger charge is -2.23. The normalized spacial score (nSPS) is 17.5. The van der Waals surface area contributed by atoms with Crippen molar-refractivity contribution in [3.05, 3.63) is 29.8 Å². The van der Waals surface area contributed by atoms with Crippen molar-refractivity contribution in [1.29, 1.82) is 0 Å². The molecule has 1 aromatic rings. The lowest BCUT2D eigenvalue weighted by molar-refractivity contribution is -0.127. The summed E-state index contributed by atoms with van der Waals surface area (Å²) in [5.41, 5.74) is 1.09. The molecule has 0 unspecified atom stereocenters. The Balaban J connectivity index is 1.44. The molecule has 1 aliphatic heterocycles. The van der Waals surface area contributed by atoms with Crippen molar-refractivity contribution in [2.24, 2.45) is 5.92 Å². The highest BCUT2D eigenvalue weighted by molar-refractivity contribution is 5.79. The molecule has 1 aromatic carbocycles. The third-order valence-electron chi connectivity index (χ3n) is 3.96. The fourth-order valence-corrected chi connectivity index (χ4v) is 2.48. The zero-order valence-electron chi connectivity index (χ0n) is 12.1. The van der Waals surface area contributed by atoms with E-state index in [1.807, 2.05) is 24.3 Å². The Labute approximate surface area is 125 Å². The maximum absolute atomic E-state index is 11.7. The molecule has 1 amide bonds. The van der Waals surface area contributed by atoms with E-state index in [2.05, 4.69) is 11.4 Å². The minimum atomic E-state index is 0.217. The highest BCUT2D eigenvalue weighted by atomic mass is 16.6. The van der Waals surface area contributed by atoms with Gasteiger partial charge in [0, 0.05) is 12.5 Å². The standard InChI is InChI=1S/C17H21NO3/c19-17(14-5-3-6-14)18-9-2-1-4-13-7-8-15-16(12-13)21-11-10-20-15/h1,4,7-8,12,14H,2-3,5-6,9-11H2,(H,18,19)/b4-1+. The molecule has 4 heteroatoms. The number of ether oxygens (including phenoxy) is 2. The van der Waals surface area contributed by atoms with Crippen LogP contribution in [0.2, 0.25) is 0 Å². The molecule has 0 aromatic heterocycles. The van der Waals surface area contributed by atoms with Gasteiger partial charge in [0.25, 0.3) is 0 Å². The molecule has 2 aliphatic rings. The predicted molar refractivity (Wildman–Crippen MR) is 81.4 cm³/mol. The van der Waals surface area contributed by atoms with Gasteiger partial charge in [0.1, 0.15) is 13.2 Å². The molecule has 0 radical (unpaired) electrons. The Kier molecular flexibility index (Phi) is 4.43. The van der Waals surface area contributed by atoms with Crippen molar-refractivity contribution in [2.45, 2.75) is 25.7 Å². The number of benzene rings is 1. The zero-order valence-corrected chi connectivity index (χ0v) is 12.1. The van der Waals surface area contributed by atoms with Gasteiger partial charge in [-0.15, -0.1) is 0 Å². The second-order valence-electron chi connectivity index (χ2n) is 5.51. The lowest BCUT2D eigenvalue weighted by Crippen LogP contribution is -2.34. The Morgan fingerprint density at radius 3 is 2.81 bits per heavy atom. The van der Waals surface area contributed by atoms with Gasteiger partial charge in [-0.25, -0.2) is 0 Å². The summed E-state index contributed by atoms with van der Waals surface area (Å²) in [6.45, 7) is 1.92. The summed E-state index contributed by atoms with van der Waals surface area (Å²) in [7, 11) is 0. The number of amides is 1. The molecule has 1 N–H and O–H groups in total. The minimum absolute atomic E-state index is 0.217.